The third-order valence-electron chi connectivity index (χ3n) is 3.12. The van der Waals surface area contributed by atoms with E-state index in [4.69, 9.17) is 4.52 Å². The number of aromatic nitrogens is 3. The van der Waals surface area contributed by atoms with Crippen LogP contribution in [-0.2, 0) is 6.54 Å². The predicted octanol–water partition coefficient (Wildman–Crippen LogP) is 2.64. The summed E-state index contributed by atoms with van der Waals surface area (Å²) in [6.45, 7) is 2.38. The summed E-state index contributed by atoms with van der Waals surface area (Å²) in [5.74, 6) is 0.715. The summed E-state index contributed by atoms with van der Waals surface area (Å²) in [6.07, 6.45) is 6.64. The number of nitrogens with one attached hydrogen (secondary N) is 2. The van der Waals surface area contributed by atoms with Crippen LogP contribution in [0, 0.1) is 6.92 Å². The van der Waals surface area contributed by atoms with Gasteiger partial charge in [-0.1, -0.05) is 5.16 Å². The number of carbonyl (C=O) groups is 1. The first-order valence-corrected chi connectivity index (χ1v) is 7.03. The highest BCUT2D eigenvalue weighted by Crippen LogP contribution is 2.13. The Kier molecular flexibility index (Phi) is 4.28. The maximum atomic E-state index is 12.2. The molecular weight excluding hydrogens is 294 g/mol. The number of anilines is 2. The van der Waals surface area contributed by atoms with Gasteiger partial charge in [0.1, 0.15) is 5.76 Å². The lowest BCUT2D eigenvalue weighted by Gasteiger charge is -2.07. The topological polar surface area (TPSA) is 92.9 Å². The predicted molar refractivity (Wildman–Crippen MR) is 85.0 cm³/mol. The van der Waals surface area contributed by atoms with Gasteiger partial charge in [0, 0.05) is 37.4 Å². The Bertz CT molecular complexity index is 801. The van der Waals surface area contributed by atoms with Crippen LogP contribution in [-0.4, -0.2) is 21.0 Å². The van der Waals surface area contributed by atoms with Crippen molar-refractivity contribution in [3.8, 4) is 0 Å². The maximum absolute atomic E-state index is 12.2. The highest BCUT2D eigenvalue weighted by Gasteiger charge is 2.10. The molecule has 3 rings (SSSR count). The molecule has 23 heavy (non-hydrogen) atoms. The molecule has 2 N–H and O–H groups in total. The van der Waals surface area contributed by atoms with Gasteiger partial charge in [0.2, 0.25) is 0 Å². The Morgan fingerprint density at radius 1 is 1.17 bits per heavy atom. The molecule has 1 amide bonds. The number of hydrogen-bond acceptors (Lipinski definition) is 6. The molecule has 3 heterocycles. The minimum atomic E-state index is -0.293. The lowest BCUT2D eigenvalue weighted by Crippen LogP contribution is -2.13. The summed E-state index contributed by atoms with van der Waals surface area (Å²) in [4.78, 5) is 20.2. The Hall–Kier alpha value is -3.22. The van der Waals surface area contributed by atoms with Crippen LogP contribution in [0.25, 0.3) is 0 Å². The normalized spacial score (nSPS) is 10.3. The summed E-state index contributed by atoms with van der Waals surface area (Å²) >= 11 is 0. The van der Waals surface area contributed by atoms with Gasteiger partial charge in [0.05, 0.1) is 11.3 Å². The van der Waals surface area contributed by atoms with Crippen LogP contribution >= 0.6 is 0 Å². The SMILES string of the molecule is Cc1cc(NC(=O)c2cncc(NCc3ccncc3)c2)no1. The molecule has 0 aliphatic rings. The van der Waals surface area contributed by atoms with Crippen molar-refractivity contribution in [3.63, 3.8) is 0 Å². The molecule has 0 atom stereocenters. The van der Waals surface area contributed by atoms with Crippen LogP contribution in [0.1, 0.15) is 21.7 Å². The van der Waals surface area contributed by atoms with Gasteiger partial charge >= 0.3 is 0 Å². The van der Waals surface area contributed by atoms with Crippen LogP contribution in [0.4, 0.5) is 11.5 Å². The molecule has 0 bridgehead atoms. The molecule has 7 nitrogen and oxygen atoms in total. The van der Waals surface area contributed by atoms with Crippen molar-refractivity contribution >= 4 is 17.4 Å². The van der Waals surface area contributed by atoms with Crippen molar-refractivity contribution in [1.29, 1.82) is 0 Å². The Morgan fingerprint density at radius 2 is 2.00 bits per heavy atom. The third-order valence-corrected chi connectivity index (χ3v) is 3.12. The van der Waals surface area contributed by atoms with Crippen LogP contribution in [0.3, 0.4) is 0 Å². The van der Waals surface area contributed by atoms with Crippen molar-refractivity contribution in [2.45, 2.75) is 13.5 Å². The highest BCUT2D eigenvalue weighted by molar-refractivity contribution is 6.04. The van der Waals surface area contributed by atoms with E-state index in [0.717, 1.165) is 11.3 Å². The van der Waals surface area contributed by atoms with Crippen LogP contribution in [0.15, 0.2) is 53.6 Å². The van der Waals surface area contributed by atoms with Crippen molar-refractivity contribution in [2.24, 2.45) is 0 Å². The van der Waals surface area contributed by atoms with E-state index in [0.29, 0.717) is 23.7 Å². The van der Waals surface area contributed by atoms with Gasteiger partial charge in [-0.25, -0.2) is 0 Å². The number of carbonyl (C=O) groups excluding carboxylic acids is 1. The smallest absolute Gasteiger partial charge is 0.258 e. The summed E-state index contributed by atoms with van der Waals surface area (Å²) in [7, 11) is 0. The molecule has 0 aliphatic heterocycles. The Labute approximate surface area is 132 Å². The van der Waals surface area contributed by atoms with Crippen molar-refractivity contribution in [3.05, 3.63) is 65.9 Å². The monoisotopic (exact) mass is 309 g/mol. The summed E-state index contributed by atoms with van der Waals surface area (Å²) in [6, 6.07) is 7.22. The van der Waals surface area contributed by atoms with E-state index in [-0.39, 0.29) is 5.91 Å². The fraction of sp³-hybridized carbons (Fsp3) is 0.125. The number of rotatable bonds is 5. The van der Waals surface area contributed by atoms with E-state index < -0.39 is 0 Å². The van der Waals surface area contributed by atoms with E-state index in [9.17, 15) is 4.79 Å². The molecule has 3 aromatic rings. The zero-order chi connectivity index (χ0) is 16.1. The standard InChI is InChI=1S/C16H15N5O2/c1-11-6-15(21-23-11)20-16(22)13-7-14(10-18-9-13)19-8-12-2-4-17-5-3-12/h2-7,9-10,19H,8H2,1H3,(H,20,21,22). The van der Waals surface area contributed by atoms with E-state index in [2.05, 4.69) is 25.8 Å². The average Bonchev–Trinajstić information content (AvgIpc) is 2.99. The fourth-order valence-electron chi connectivity index (χ4n) is 1.98. The second kappa shape index (κ2) is 6.69. The maximum Gasteiger partial charge on any atom is 0.258 e. The molecule has 0 aromatic carbocycles. The minimum Gasteiger partial charge on any atom is -0.380 e. The van der Waals surface area contributed by atoms with Gasteiger partial charge in [-0.05, 0) is 30.7 Å². The van der Waals surface area contributed by atoms with E-state index in [1.54, 1.807) is 37.6 Å². The lowest BCUT2D eigenvalue weighted by molar-refractivity contribution is 0.102. The first-order chi connectivity index (χ1) is 11.2. The van der Waals surface area contributed by atoms with Gasteiger partial charge in [0.25, 0.3) is 5.91 Å². The first-order valence-electron chi connectivity index (χ1n) is 7.03. The number of aryl methyl sites for hydroxylation is 1. The fourth-order valence-corrected chi connectivity index (χ4v) is 1.98. The van der Waals surface area contributed by atoms with E-state index in [1.807, 2.05) is 12.1 Å². The number of pyridine rings is 2. The van der Waals surface area contributed by atoms with Gasteiger partial charge in [-0.2, -0.15) is 0 Å². The van der Waals surface area contributed by atoms with Crippen molar-refractivity contribution in [2.75, 3.05) is 10.6 Å². The summed E-state index contributed by atoms with van der Waals surface area (Å²) in [5.41, 5.74) is 2.28. The average molecular weight is 309 g/mol. The minimum absolute atomic E-state index is 0.293. The van der Waals surface area contributed by atoms with E-state index >= 15 is 0 Å². The zero-order valence-electron chi connectivity index (χ0n) is 12.5. The molecule has 0 saturated heterocycles. The summed E-state index contributed by atoms with van der Waals surface area (Å²) in [5, 5.41) is 9.61. The lowest BCUT2D eigenvalue weighted by atomic mass is 10.2. The molecule has 0 radical (unpaired) electrons. The van der Waals surface area contributed by atoms with Crippen LogP contribution in [0.2, 0.25) is 0 Å². The molecular formula is C16H15N5O2. The molecule has 0 unspecified atom stereocenters. The second-order valence-electron chi connectivity index (χ2n) is 4.95. The van der Waals surface area contributed by atoms with Crippen molar-refractivity contribution < 1.29 is 9.32 Å². The first kappa shape index (κ1) is 14.7. The quantitative estimate of drug-likeness (QED) is 0.752. The molecule has 7 heteroatoms. The Morgan fingerprint density at radius 3 is 2.74 bits per heavy atom. The molecule has 0 fully saturated rings. The number of amides is 1. The molecule has 116 valence electrons. The molecule has 0 aliphatic carbocycles. The van der Waals surface area contributed by atoms with Crippen LogP contribution in [0.5, 0.6) is 0 Å². The summed E-state index contributed by atoms with van der Waals surface area (Å²) < 4.78 is 4.91. The van der Waals surface area contributed by atoms with Gasteiger partial charge in [-0.3, -0.25) is 14.8 Å². The Balaban J connectivity index is 1.65. The zero-order valence-corrected chi connectivity index (χ0v) is 12.5. The van der Waals surface area contributed by atoms with Gasteiger partial charge in [-0.15, -0.1) is 0 Å². The molecule has 3 aromatic heterocycles. The van der Waals surface area contributed by atoms with E-state index in [1.165, 1.54) is 6.20 Å². The van der Waals surface area contributed by atoms with Crippen molar-refractivity contribution in [1.82, 2.24) is 15.1 Å². The highest BCUT2D eigenvalue weighted by atomic mass is 16.5. The third kappa shape index (κ3) is 3.91. The molecule has 0 spiro atoms. The number of hydrogen-bond donors (Lipinski definition) is 2. The van der Waals surface area contributed by atoms with Gasteiger partial charge in [0.15, 0.2) is 5.82 Å². The number of nitrogens with zero attached hydrogens (tertiary/aromatic N) is 3. The largest absolute Gasteiger partial charge is 0.380 e. The van der Waals surface area contributed by atoms with Crippen LogP contribution < -0.4 is 10.6 Å². The van der Waals surface area contributed by atoms with Gasteiger partial charge < -0.3 is 15.2 Å². The second-order valence-corrected chi connectivity index (χ2v) is 4.95. The molecule has 0 saturated carbocycles.